The van der Waals surface area contributed by atoms with Crippen molar-refractivity contribution in [2.24, 2.45) is 0 Å². The van der Waals surface area contributed by atoms with Crippen molar-refractivity contribution in [3.05, 3.63) is 29.8 Å². The zero-order valence-corrected chi connectivity index (χ0v) is 12.8. The number of anilines is 1. The van der Waals surface area contributed by atoms with Gasteiger partial charge in [-0.05, 0) is 44.0 Å². The number of hydrogen-bond acceptors (Lipinski definition) is 2. The van der Waals surface area contributed by atoms with Gasteiger partial charge < -0.3 is 10.2 Å². The number of piperazine rings is 1. The Labute approximate surface area is 124 Å². The van der Waals surface area contributed by atoms with E-state index >= 15 is 0 Å². The summed E-state index contributed by atoms with van der Waals surface area (Å²) in [6.07, 6.45) is -2.32. The molecule has 21 heavy (non-hydrogen) atoms. The average molecular weight is 300 g/mol. The first kappa shape index (κ1) is 16.1. The summed E-state index contributed by atoms with van der Waals surface area (Å²) in [6, 6.07) is 5.85. The fourth-order valence-electron chi connectivity index (χ4n) is 2.78. The van der Waals surface area contributed by atoms with E-state index in [9.17, 15) is 13.2 Å². The van der Waals surface area contributed by atoms with Gasteiger partial charge in [0.05, 0.1) is 5.56 Å². The van der Waals surface area contributed by atoms with Crippen LogP contribution in [-0.2, 0) is 6.18 Å². The van der Waals surface area contributed by atoms with Crippen LogP contribution in [0.2, 0.25) is 0 Å². The molecule has 1 aromatic carbocycles. The van der Waals surface area contributed by atoms with Crippen molar-refractivity contribution in [3.63, 3.8) is 0 Å². The molecule has 118 valence electrons. The van der Waals surface area contributed by atoms with Crippen LogP contribution in [0.25, 0.3) is 0 Å². The molecule has 0 aromatic heterocycles. The molecule has 1 aliphatic rings. The molecule has 2 atom stereocenters. The van der Waals surface area contributed by atoms with Crippen LogP contribution < -0.4 is 10.2 Å². The molecular formula is C16H23F3N2. The second-order valence-corrected chi connectivity index (χ2v) is 6.03. The summed E-state index contributed by atoms with van der Waals surface area (Å²) in [5.41, 5.74) is 0.290. The molecule has 1 saturated heterocycles. The van der Waals surface area contributed by atoms with Crippen LogP contribution in [0.3, 0.4) is 0 Å². The average Bonchev–Trinajstić information content (AvgIpc) is 2.46. The van der Waals surface area contributed by atoms with Crippen LogP contribution in [0, 0.1) is 0 Å². The highest BCUT2D eigenvalue weighted by atomic mass is 19.4. The summed E-state index contributed by atoms with van der Waals surface area (Å²) in [5, 5.41) is 3.56. The third-order valence-electron chi connectivity index (χ3n) is 4.50. The lowest BCUT2D eigenvalue weighted by atomic mass is 9.92. The van der Waals surface area contributed by atoms with Gasteiger partial charge in [0, 0.05) is 30.4 Å². The first-order valence-electron chi connectivity index (χ1n) is 7.48. The monoisotopic (exact) mass is 300 g/mol. The highest BCUT2D eigenvalue weighted by Gasteiger charge is 2.35. The van der Waals surface area contributed by atoms with Crippen molar-refractivity contribution < 1.29 is 13.2 Å². The smallest absolute Gasteiger partial charge is 0.365 e. The van der Waals surface area contributed by atoms with Crippen molar-refractivity contribution in [1.29, 1.82) is 0 Å². The topological polar surface area (TPSA) is 15.3 Å². The Bertz CT molecular complexity index is 469. The van der Waals surface area contributed by atoms with Crippen LogP contribution in [0.15, 0.2) is 24.3 Å². The summed E-state index contributed by atoms with van der Waals surface area (Å²) in [4.78, 5) is 2.24. The molecule has 2 unspecified atom stereocenters. The van der Waals surface area contributed by atoms with Gasteiger partial charge >= 0.3 is 6.18 Å². The molecule has 1 aromatic rings. The molecule has 1 fully saturated rings. The van der Waals surface area contributed by atoms with Gasteiger partial charge in [0.2, 0.25) is 0 Å². The molecule has 0 spiro atoms. The van der Waals surface area contributed by atoms with Crippen molar-refractivity contribution in [1.82, 2.24) is 5.32 Å². The highest BCUT2D eigenvalue weighted by Crippen LogP contribution is 2.32. The maximum absolute atomic E-state index is 12.7. The number of hydrogen-bond donors (Lipinski definition) is 1. The Hall–Kier alpha value is -1.23. The van der Waals surface area contributed by atoms with E-state index in [1.54, 1.807) is 12.1 Å². The van der Waals surface area contributed by atoms with Crippen molar-refractivity contribution in [3.8, 4) is 0 Å². The third kappa shape index (κ3) is 3.51. The van der Waals surface area contributed by atoms with E-state index in [2.05, 4.69) is 31.0 Å². The summed E-state index contributed by atoms with van der Waals surface area (Å²) >= 11 is 0. The van der Waals surface area contributed by atoms with E-state index < -0.39 is 11.7 Å². The summed E-state index contributed by atoms with van der Waals surface area (Å²) in [6.45, 7) is 8.08. The molecular weight excluding hydrogens is 277 g/mol. The molecule has 0 amide bonds. The van der Waals surface area contributed by atoms with Gasteiger partial charge in [0.25, 0.3) is 0 Å². The van der Waals surface area contributed by atoms with Crippen LogP contribution in [0.4, 0.5) is 18.9 Å². The van der Waals surface area contributed by atoms with Crippen molar-refractivity contribution in [2.75, 3.05) is 18.0 Å². The maximum Gasteiger partial charge on any atom is 0.416 e. The van der Waals surface area contributed by atoms with Crippen molar-refractivity contribution in [2.45, 2.75) is 51.4 Å². The quantitative estimate of drug-likeness (QED) is 0.905. The maximum atomic E-state index is 12.7. The van der Waals surface area contributed by atoms with Crippen molar-refractivity contribution >= 4 is 5.69 Å². The van der Waals surface area contributed by atoms with Gasteiger partial charge in [-0.15, -0.1) is 0 Å². The van der Waals surface area contributed by atoms with Gasteiger partial charge in [-0.2, -0.15) is 13.2 Å². The molecule has 1 heterocycles. The second kappa shape index (κ2) is 5.87. The minimum atomic E-state index is -4.27. The van der Waals surface area contributed by atoms with E-state index in [4.69, 9.17) is 0 Å². The van der Waals surface area contributed by atoms with Gasteiger partial charge in [0.15, 0.2) is 0 Å². The number of rotatable bonds is 3. The Morgan fingerprint density at radius 3 is 2.33 bits per heavy atom. The highest BCUT2D eigenvalue weighted by molar-refractivity contribution is 5.50. The summed E-state index contributed by atoms with van der Waals surface area (Å²) in [5.74, 6) is 0. The van der Waals surface area contributed by atoms with Gasteiger partial charge in [0.1, 0.15) is 0 Å². The largest absolute Gasteiger partial charge is 0.416 e. The molecule has 0 aliphatic carbocycles. The van der Waals surface area contributed by atoms with E-state index in [1.807, 2.05) is 0 Å². The van der Waals surface area contributed by atoms with Gasteiger partial charge in [-0.1, -0.05) is 13.8 Å². The number of benzene rings is 1. The zero-order chi connectivity index (χ0) is 15.7. The predicted octanol–water partition coefficient (Wildman–Crippen LogP) is 4.06. The molecule has 5 heteroatoms. The Morgan fingerprint density at radius 1 is 1.24 bits per heavy atom. The fraction of sp³-hybridized carbons (Fsp3) is 0.625. The standard InChI is InChI=1S/C16H23F3N2/c1-4-13-10-20-15(3,5-2)11-21(13)14-8-6-12(7-9-14)16(17,18)19/h6-9,13,20H,4-5,10-11H2,1-3H3. The number of nitrogens with one attached hydrogen (secondary N) is 1. The Morgan fingerprint density at radius 2 is 1.86 bits per heavy atom. The zero-order valence-electron chi connectivity index (χ0n) is 12.8. The molecule has 0 saturated carbocycles. The van der Waals surface area contributed by atoms with Gasteiger partial charge in [-0.3, -0.25) is 0 Å². The molecule has 1 N–H and O–H groups in total. The first-order valence-corrected chi connectivity index (χ1v) is 7.48. The molecule has 1 aliphatic heterocycles. The van der Waals surface area contributed by atoms with E-state index in [0.29, 0.717) is 6.04 Å². The molecule has 0 radical (unpaired) electrons. The predicted molar refractivity (Wildman–Crippen MR) is 79.6 cm³/mol. The van der Waals surface area contributed by atoms with E-state index in [1.165, 1.54) is 12.1 Å². The van der Waals surface area contributed by atoms with Crippen LogP contribution in [0.5, 0.6) is 0 Å². The lowest BCUT2D eigenvalue weighted by Gasteiger charge is -2.47. The SMILES string of the molecule is CCC1CNC(C)(CC)CN1c1ccc(C(F)(F)F)cc1. The fourth-order valence-corrected chi connectivity index (χ4v) is 2.78. The van der Waals surface area contributed by atoms with Crippen LogP contribution in [-0.4, -0.2) is 24.7 Å². The van der Waals surface area contributed by atoms with E-state index in [0.717, 1.165) is 31.6 Å². The van der Waals surface area contributed by atoms with Crippen LogP contribution in [0.1, 0.15) is 39.2 Å². The minimum Gasteiger partial charge on any atom is -0.365 e. The normalized spacial score (nSPS) is 27.0. The molecule has 0 bridgehead atoms. The van der Waals surface area contributed by atoms with Crippen LogP contribution >= 0.6 is 0 Å². The summed E-state index contributed by atoms with van der Waals surface area (Å²) in [7, 11) is 0. The Balaban J connectivity index is 2.24. The van der Waals surface area contributed by atoms with E-state index in [-0.39, 0.29) is 5.54 Å². The molecule has 2 nitrogen and oxygen atoms in total. The lowest BCUT2D eigenvalue weighted by Crippen LogP contribution is -2.62. The number of alkyl halides is 3. The minimum absolute atomic E-state index is 0.00830. The number of halogens is 3. The second-order valence-electron chi connectivity index (χ2n) is 6.03. The lowest BCUT2D eigenvalue weighted by molar-refractivity contribution is -0.137. The Kier molecular flexibility index (Phi) is 4.51. The first-order chi connectivity index (χ1) is 9.79. The third-order valence-corrected chi connectivity index (χ3v) is 4.50. The summed E-state index contributed by atoms with van der Waals surface area (Å²) < 4.78 is 38.0. The molecule has 2 rings (SSSR count). The number of nitrogens with zero attached hydrogens (tertiary/aromatic N) is 1. The van der Waals surface area contributed by atoms with Gasteiger partial charge in [-0.25, -0.2) is 0 Å².